The van der Waals surface area contributed by atoms with E-state index >= 15 is 0 Å². The monoisotopic (exact) mass is 332 g/mol. The van der Waals surface area contributed by atoms with Crippen LogP contribution in [0.1, 0.15) is 12.6 Å². The summed E-state index contributed by atoms with van der Waals surface area (Å²) in [7, 11) is 0. The molecule has 1 saturated heterocycles. The highest BCUT2D eigenvalue weighted by Gasteiger charge is 2.35. The van der Waals surface area contributed by atoms with E-state index in [4.69, 9.17) is 9.47 Å². The van der Waals surface area contributed by atoms with Gasteiger partial charge in [-0.1, -0.05) is 15.9 Å². The first-order chi connectivity index (χ1) is 9.11. The molecule has 0 aromatic carbocycles. The van der Waals surface area contributed by atoms with Gasteiger partial charge >= 0.3 is 5.69 Å². The fourth-order valence-corrected chi connectivity index (χ4v) is 2.03. The van der Waals surface area contributed by atoms with Crippen LogP contribution in [0.2, 0.25) is 0 Å². The van der Waals surface area contributed by atoms with Crippen molar-refractivity contribution in [2.24, 2.45) is 0 Å². The standard InChI is InChI=1S/C11H13BrN2O5/c12-2-4-18-6-8-7(15)5-10(19-8)14-3-1-9(16)13-11(14)17/h1-4,7-8,10,15H,5-6H2,(H,13,16,17)/b4-2+/t7-,8+,10+/m0/s1. The van der Waals surface area contributed by atoms with Gasteiger partial charge in [-0.2, -0.15) is 0 Å². The molecule has 0 radical (unpaired) electrons. The van der Waals surface area contributed by atoms with Crippen molar-refractivity contribution in [1.29, 1.82) is 0 Å². The molecule has 0 amide bonds. The zero-order valence-corrected chi connectivity index (χ0v) is 11.4. The lowest BCUT2D eigenvalue weighted by Crippen LogP contribution is -2.31. The second-order valence-corrected chi connectivity index (χ2v) is 4.57. The van der Waals surface area contributed by atoms with Crippen LogP contribution >= 0.6 is 15.9 Å². The number of halogens is 1. The van der Waals surface area contributed by atoms with Crippen LogP contribution in [0.4, 0.5) is 0 Å². The molecule has 0 aliphatic carbocycles. The molecule has 1 aromatic rings. The van der Waals surface area contributed by atoms with Crippen LogP contribution in [0, 0.1) is 0 Å². The van der Waals surface area contributed by atoms with Gasteiger partial charge in [0.2, 0.25) is 0 Å². The van der Waals surface area contributed by atoms with Gasteiger partial charge in [0.05, 0.1) is 12.4 Å². The minimum absolute atomic E-state index is 0.178. The number of ether oxygens (including phenoxy) is 2. The molecule has 19 heavy (non-hydrogen) atoms. The molecular formula is C11H13BrN2O5. The average Bonchev–Trinajstić information content (AvgIpc) is 2.71. The summed E-state index contributed by atoms with van der Waals surface area (Å²) in [5, 5.41) is 9.84. The largest absolute Gasteiger partial charge is 0.498 e. The van der Waals surface area contributed by atoms with Gasteiger partial charge in [-0.05, 0) is 0 Å². The second-order valence-electron chi connectivity index (χ2n) is 4.05. The molecule has 1 aromatic heterocycles. The zero-order valence-electron chi connectivity index (χ0n) is 9.86. The summed E-state index contributed by atoms with van der Waals surface area (Å²) in [6, 6.07) is 1.23. The van der Waals surface area contributed by atoms with Gasteiger partial charge in [0.25, 0.3) is 5.56 Å². The van der Waals surface area contributed by atoms with E-state index < -0.39 is 29.7 Å². The number of nitrogens with zero attached hydrogens (tertiary/aromatic N) is 1. The number of aromatic amines is 1. The average molecular weight is 333 g/mol. The zero-order chi connectivity index (χ0) is 13.8. The minimum Gasteiger partial charge on any atom is -0.498 e. The Kier molecular flexibility index (Phi) is 4.56. The van der Waals surface area contributed by atoms with Gasteiger partial charge < -0.3 is 14.6 Å². The SMILES string of the molecule is O=c1ccn([C@H]2C[C@H](O)[C@@H](CO/C=C/Br)O2)c(=O)[nH]1. The van der Waals surface area contributed by atoms with Gasteiger partial charge in [0.15, 0.2) is 0 Å². The van der Waals surface area contributed by atoms with E-state index in [1.165, 1.54) is 28.1 Å². The van der Waals surface area contributed by atoms with Gasteiger partial charge in [0.1, 0.15) is 18.9 Å². The first kappa shape index (κ1) is 14.0. The molecule has 0 spiro atoms. The van der Waals surface area contributed by atoms with Crippen molar-refractivity contribution in [2.75, 3.05) is 6.61 Å². The molecule has 2 rings (SSSR count). The molecule has 0 bridgehead atoms. The lowest BCUT2D eigenvalue weighted by molar-refractivity contribution is -0.0484. The van der Waals surface area contributed by atoms with Gasteiger partial charge in [0, 0.05) is 23.7 Å². The lowest BCUT2D eigenvalue weighted by atomic mass is 10.2. The van der Waals surface area contributed by atoms with Crippen molar-refractivity contribution in [2.45, 2.75) is 24.9 Å². The Morgan fingerprint density at radius 1 is 1.63 bits per heavy atom. The van der Waals surface area contributed by atoms with Crippen LogP contribution in [0.3, 0.4) is 0 Å². The van der Waals surface area contributed by atoms with Crippen LogP contribution in [0.15, 0.2) is 33.1 Å². The summed E-state index contributed by atoms with van der Waals surface area (Å²) in [6.45, 7) is 0.178. The smallest absolute Gasteiger partial charge is 0.330 e. The van der Waals surface area contributed by atoms with Gasteiger partial charge in [-0.15, -0.1) is 0 Å². The van der Waals surface area contributed by atoms with E-state index in [1.807, 2.05) is 0 Å². The Morgan fingerprint density at radius 3 is 3.11 bits per heavy atom. The van der Waals surface area contributed by atoms with E-state index in [2.05, 4.69) is 20.9 Å². The maximum Gasteiger partial charge on any atom is 0.330 e. The molecule has 1 aliphatic rings. The van der Waals surface area contributed by atoms with Crippen LogP contribution < -0.4 is 11.2 Å². The lowest BCUT2D eigenvalue weighted by Gasteiger charge is -2.15. The number of aliphatic hydroxyl groups is 1. The summed E-state index contributed by atoms with van der Waals surface area (Å²) in [4.78, 5) is 26.2. The van der Waals surface area contributed by atoms with Crippen LogP contribution in [-0.2, 0) is 9.47 Å². The molecule has 8 heteroatoms. The number of aliphatic hydroxyl groups excluding tert-OH is 1. The van der Waals surface area contributed by atoms with Gasteiger partial charge in [-0.3, -0.25) is 14.3 Å². The first-order valence-electron chi connectivity index (χ1n) is 5.63. The fraction of sp³-hybridized carbons (Fsp3) is 0.455. The number of hydrogen-bond acceptors (Lipinski definition) is 5. The summed E-state index contributed by atoms with van der Waals surface area (Å²) >= 11 is 3.05. The van der Waals surface area contributed by atoms with Gasteiger partial charge in [-0.25, -0.2) is 4.79 Å². The summed E-state index contributed by atoms with van der Waals surface area (Å²) in [5.74, 6) is 0. The second kappa shape index (κ2) is 6.18. The molecule has 0 saturated carbocycles. The molecule has 7 nitrogen and oxygen atoms in total. The number of nitrogens with one attached hydrogen (secondary N) is 1. The molecule has 3 atom stereocenters. The van der Waals surface area contributed by atoms with Crippen molar-refractivity contribution in [1.82, 2.24) is 9.55 Å². The highest BCUT2D eigenvalue weighted by Crippen LogP contribution is 2.27. The van der Waals surface area contributed by atoms with Crippen molar-refractivity contribution in [3.8, 4) is 0 Å². The number of hydrogen-bond donors (Lipinski definition) is 2. The summed E-state index contributed by atoms with van der Waals surface area (Å²) in [5.41, 5.74) is -1.03. The maximum atomic E-state index is 11.6. The van der Waals surface area contributed by atoms with E-state index in [0.717, 1.165) is 0 Å². The van der Waals surface area contributed by atoms with Crippen molar-refractivity contribution in [3.63, 3.8) is 0 Å². The minimum atomic E-state index is -0.729. The van der Waals surface area contributed by atoms with E-state index in [-0.39, 0.29) is 13.0 Å². The third-order valence-electron chi connectivity index (χ3n) is 2.77. The first-order valence-corrected chi connectivity index (χ1v) is 6.55. The van der Waals surface area contributed by atoms with Crippen LogP contribution in [0.25, 0.3) is 0 Å². The summed E-state index contributed by atoms with van der Waals surface area (Å²) < 4.78 is 11.9. The predicted octanol–water partition coefficient (Wildman–Crippen LogP) is 0.0677. The Balaban J connectivity index is 2.07. The molecule has 2 heterocycles. The Bertz CT molecular complexity index is 567. The highest BCUT2D eigenvalue weighted by atomic mass is 79.9. The highest BCUT2D eigenvalue weighted by molar-refractivity contribution is 9.11. The van der Waals surface area contributed by atoms with E-state index in [1.54, 1.807) is 0 Å². The molecule has 0 unspecified atom stereocenters. The van der Waals surface area contributed by atoms with E-state index in [9.17, 15) is 14.7 Å². The third-order valence-corrected chi connectivity index (χ3v) is 2.99. The maximum absolute atomic E-state index is 11.6. The Hall–Kier alpha value is -1.38. The van der Waals surface area contributed by atoms with Crippen molar-refractivity contribution >= 4 is 15.9 Å². The molecule has 2 N–H and O–H groups in total. The summed E-state index contributed by atoms with van der Waals surface area (Å²) in [6.07, 6.45) is 1.18. The van der Waals surface area contributed by atoms with Crippen molar-refractivity contribution in [3.05, 3.63) is 44.3 Å². The van der Waals surface area contributed by atoms with E-state index in [0.29, 0.717) is 0 Å². The number of aromatic nitrogens is 2. The molecule has 1 aliphatic heterocycles. The Labute approximate surface area is 116 Å². The quantitative estimate of drug-likeness (QED) is 0.761. The fourth-order valence-electron chi connectivity index (χ4n) is 1.88. The topological polar surface area (TPSA) is 93.6 Å². The molecular weight excluding hydrogens is 320 g/mol. The number of rotatable bonds is 4. The normalized spacial score (nSPS) is 26.9. The predicted molar refractivity (Wildman–Crippen MR) is 69.9 cm³/mol. The van der Waals surface area contributed by atoms with Crippen LogP contribution in [0.5, 0.6) is 0 Å². The van der Waals surface area contributed by atoms with Crippen LogP contribution in [-0.4, -0.2) is 33.5 Å². The molecule has 104 valence electrons. The molecule has 1 fully saturated rings. The van der Waals surface area contributed by atoms with Crippen molar-refractivity contribution < 1.29 is 14.6 Å². The Morgan fingerprint density at radius 2 is 2.42 bits per heavy atom. The third kappa shape index (κ3) is 3.34. The number of H-pyrrole nitrogens is 1.